The number of nitrogens with one attached hydrogen (secondary N) is 2. The molecule has 6 nitrogen and oxygen atoms in total. The topological polar surface area (TPSA) is 64.7 Å². The summed E-state index contributed by atoms with van der Waals surface area (Å²) in [5.74, 6) is -0.166. The third kappa shape index (κ3) is 5.64. The molecule has 1 heterocycles. The largest absolute Gasteiger partial charge is 0.355 e. The zero-order valence-corrected chi connectivity index (χ0v) is 15.6. The predicted octanol–water partition coefficient (Wildman–Crippen LogP) is 1.80. The van der Waals surface area contributed by atoms with Crippen LogP contribution in [0.3, 0.4) is 0 Å². The molecule has 1 aliphatic heterocycles. The number of piperazine rings is 1. The van der Waals surface area contributed by atoms with Crippen molar-refractivity contribution in [2.75, 3.05) is 45.1 Å². The average molecular weight is 366 g/mol. The summed E-state index contributed by atoms with van der Waals surface area (Å²) in [6.07, 6.45) is 0. The molecule has 0 unspecified atom stereocenters. The van der Waals surface area contributed by atoms with Gasteiger partial charge in [0.25, 0.3) is 5.91 Å². The van der Waals surface area contributed by atoms with Gasteiger partial charge in [-0.2, -0.15) is 0 Å². The van der Waals surface area contributed by atoms with Crippen molar-refractivity contribution in [3.05, 3.63) is 65.7 Å². The van der Waals surface area contributed by atoms with E-state index in [0.717, 1.165) is 32.7 Å². The van der Waals surface area contributed by atoms with Gasteiger partial charge in [0.15, 0.2) is 0 Å². The molecular formula is C21H26N4O2. The van der Waals surface area contributed by atoms with E-state index in [9.17, 15) is 9.59 Å². The van der Waals surface area contributed by atoms with Crippen molar-refractivity contribution in [1.29, 1.82) is 0 Å². The molecular weight excluding hydrogens is 340 g/mol. The first-order valence-electron chi connectivity index (χ1n) is 9.24. The monoisotopic (exact) mass is 366 g/mol. The smallest absolute Gasteiger partial charge is 0.251 e. The van der Waals surface area contributed by atoms with Crippen LogP contribution in [-0.4, -0.2) is 61.4 Å². The fourth-order valence-corrected chi connectivity index (χ4v) is 3.20. The molecule has 3 rings (SSSR count). The first kappa shape index (κ1) is 19.1. The summed E-state index contributed by atoms with van der Waals surface area (Å²) in [5.41, 5.74) is 2.60. The van der Waals surface area contributed by atoms with Crippen LogP contribution in [0.15, 0.2) is 54.6 Å². The van der Waals surface area contributed by atoms with Crippen molar-refractivity contribution in [2.24, 2.45) is 0 Å². The molecule has 2 aromatic carbocycles. The van der Waals surface area contributed by atoms with E-state index in [0.29, 0.717) is 17.8 Å². The summed E-state index contributed by atoms with van der Waals surface area (Å²) >= 11 is 0. The minimum Gasteiger partial charge on any atom is -0.355 e. The maximum absolute atomic E-state index is 12.3. The summed E-state index contributed by atoms with van der Waals surface area (Å²) in [7, 11) is 1.59. The van der Waals surface area contributed by atoms with Gasteiger partial charge in [-0.25, -0.2) is 0 Å². The molecule has 0 radical (unpaired) electrons. The maximum Gasteiger partial charge on any atom is 0.251 e. The number of anilines is 1. The van der Waals surface area contributed by atoms with Crippen LogP contribution in [-0.2, 0) is 11.3 Å². The standard InChI is InChI=1S/C21H26N4O2/c1-22-21(27)18-7-9-19(10-8-18)23-20(26)16-25-13-11-24(12-14-25)15-17-5-3-2-4-6-17/h2-10H,11-16H2,1H3,(H,22,27)(H,23,26). The van der Waals surface area contributed by atoms with Crippen LogP contribution < -0.4 is 10.6 Å². The van der Waals surface area contributed by atoms with Crippen LogP contribution in [0, 0.1) is 0 Å². The zero-order valence-electron chi connectivity index (χ0n) is 15.6. The maximum atomic E-state index is 12.3. The predicted molar refractivity (Wildman–Crippen MR) is 107 cm³/mol. The zero-order chi connectivity index (χ0) is 19.1. The van der Waals surface area contributed by atoms with Crippen molar-refractivity contribution in [3.63, 3.8) is 0 Å². The van der Waals surface area contributed by atoms with E-state index in [1.807, 2.05) is 6.07 Å². The van der Waals surface area contributed by atoms with Crippen LogP contribution >= 0.6 is 0 Å². The first-order chi connectivity index (χ1) is 13.1. The number of nitrogens with zero attached hydrogens (tertiary/aromatic N) is 2. The van der Waals surface area contributed by atoms with E-state index in [-0.39, 0.29) is 11.8 Å². The third-order valence-corrected chi connectivity index (χ3v) is 4.74. The van der Waals surface area contributed by atoms with Gasteiger partial charge >= 0.3 is 0 Å². The lowest BCUT2D eigenvalue weighted by Crippen LogP contribution is -2.48. The summed E-state index contributed by atoms with van der Waals surface area (Å²) < 4.78 is 0. The number of amides is 2. The molecule has 0 saturated carbocycles. The highest BCUT2D eigenvalue weighted by Gasteiger charge is 2.19. The van der Waals surface area contributed by atoms with Crippen molar-refractivity contribution in [3.8, 4) is 0 Å². The van der Waals surface area contributed by atoms with E-state index < -0.39 is 0 Å². The number of carbonyl (C=O) groups is 2. The lowest BCUT2D eigenvalue weighted by atomic mass is 10.2. The SMILES string of the molecule is CNC(=O)c1ccc(NC(=O)CN2CCN(Cc3ccccc3)CC2)cc1. The Bertz CT molecular complexity index is 754. The van der Waals surface area contributed by atoms with Crippen molar-refractivity contribution in [1.82, 2.24) is 15.1 Å². The normalized spacial score (nSPS) is 15.3. The van der Waals surface area contributed by atoms with Gasteiger partial charge in [-0.05, 0) is 29.8 Å². The summed E-state index contributed by atoms with van der Waals surface area (Å²) in [5, 5.41) is 5.48. The Morgan fingerprint density at radius 3 is 2.15 bits per heavy atom. The molecule has 2 N–H and O–H groups in total. The second-order valence-electron chi connectivity index (χ2n) is 6.74. The lowest BCUT2D eigenvalue weighted by Gasteiger charge is -2.34. The molecule has 0 atom stereocenters. The van der Waals surface area contributed by atoms with Gasteiger partial charge in [0.1, 0.15) is 0 Å². The van der Waals surface area contributed by atoms with Crippen LogP contribution in [0.1, 0.15) is 15.9 Å². The van der Waals surface area contributed by atoms with Gasteiger partial charge in [0.05, 0.1) is 6.54 Å². The molecule has 0 aliphatic carbocycles. The Labute approximate surface area is 160 Å². The van der Waals surface area contributed by atoms with Gasteiger partial charge in [-0.3, -0.25) is 19.4 Å². The summed E-state index contributed by atoms with van der Waals surface area (Å²) in [6, 6.07) is 17.4. The van der Waals surface area contributed by atoms with Gasteiger partial charge in [0.2, 0.25) is 5.91 Å². The molecule has 2 amide bonds. The molecule has 142 valence electrons. The van der Waals surface area contributed by atoms with Crippen LogP contribution in [0.25, 0.3) is 0 Å². The third-order valence-electron chi connectivity index (χ3n) is 4.74. The number of benzene rings is 2. The summed E-state index contributed by atoms with van der Waals surface area (Å²) in [6.45, 7) is 5.03. The number of hydrogen-bond acceptors (Lipinski definition) is 4. The Morgan fingerprint density at radius 2 is 1.52 bits per heavy atom. The van der Waals surface area contributed by atoms with E-state index in [2.05, 4.69) is 44.7 Å². The summed E-state index contributed by atoms with van der Waals surface area (Å²) in [4.78, 5) is 28.4. The van der Waals surface area contributed by atoms with Gasteiger partial charge in [0, 0.05) is 51.0 Å². The molecule has 1 aliphatic rings. The fraction of sp³-hybridized carbons (Fsp3) is 0.333. The molecule has 1 fully saturated rings. The van der Waals surface area contributed by atoms with E-state index >= 15 is 0 Å². The highest BCUT2D eigenvalue weighted by atomic mass is 16.2. The molecule has 0 bridgehead atoms. The molecule has 0 spiro atoms. The second kappa shape index (κ2) is 9.30. The minimum atomic E-state index is -0.138. The quantitative estimate of drug-likeness (QED) is 0.818. The minimum absolute atomic E-state index is 0.0285. The highest BCUT2D eigenvalue weighted by molar-refractivity contribution is 5.96. The Balaban J connectivity index is 1.42. The number of hydrogen-bond donors (Lipinski definition) is 2. The Morgan fingerprint density at radius 1 is 0.889 bits per heavy atom. The van der Waals surface area contributed by atoms with Gasteiger partial charge in [-0.15, -0.1) is 0 Å². The Kier molecular flexibility index (Phi) is 6.57. The Hall–Kier alpha value is -2.70. The van der Waals surface area contributed by atoms with Crippen LogP contribution in [0.5, 0.6) is 0 Å². The number of rotatable bonds is 6. The number of carbonyl (C=O) groups excluding carboxylic acids is 2. The van der Waals surface area contributed by atoms with Crippen molar-refractivity contribution in [2.45, 2.75) is 6.54 Å². The second-order valence-corrected chi connectivity index (χ2v) is 6.74. The van der Waals surface area contributed by atoms with Crippen molar-refractivity contribution >= 4 is 17.5 Å². The fourth-order valence-electron chi connectivity index (χ4n) is 3.20. The van der Waals surface area contributed by atoms with E-state index in [4.69, 9.17) is 0 Å². The van der Waals surface area contributed by atoms with Gasteiger partial charge in [-0.1, -0.05) is 30.3 Å². The molecule has 2 aromatic rings. The lowest BCUT2D eigenvalue weighted by molar-refractivity contribution is -0.117. The van der Waals surface area contributed by atoms with E-state index in [1.165, 1.54) is 5.56 Å². The van der Waals surface area contributed by atoms with Crippen LogP contribution in [0.2, 0.25) is 0 Å². The molecule has 6 heteroatoms. The highest BCUT2D eigenvalue weighted by Crippen LogP contribution is 2.11. The van der Waals surface area contributed by atoms with Crippen molar-refractivity contribution < 1.29 is 9.59 Å². The average Bonchev–Trinajstić information content (AvgIpc) is 2.70. The van der Waals surface area contributed by atoms with E-state index in [1.54, 1.807) is 31.3 Å². The first-order valence-corrected chi connectivity index (χ1v) is 9.24. The van der Waals surface area contributed by atoms with Gasteiger partial charge < -0.3 is 10.6 Å². The van der Waals surface area contributed by atoms with Crippen LogP contribution in [0.4, 0.5) is 5.69 Å². The molecule has 27 heavy (non-hydrogen) atoms. The molecule has 1 saturated heterocycles. The molecule has 0 aromatic heterocycles.